The molecule has 25 heavy (non-hydrogen) atoms. The molecular weight excluding hydrogens is 319 g/mol. The summed E-state index contributed by atoms with van der Waals surface area (Å²) in [5.74, 6) is -0.854. The Morgan fingerprint density at radius 3 is 2.16 bits per heavy atom. The van der Waals surface area contributed by atoms with Crippen LogP contribution in [-0.4, -0.2) is 17.9 Å². The van der Waals surface area contributed by atoms with Crippen LogP contribution in [0.2, 0.25) is 0 Å². The van der Waals surface area contributed by atoms with Crippen molar-refractivity contribution in [3.63, 3.8) is 0 Å². The molecule has 2 aromatic carbocycles. The van der Waals surface area contributed by atoms with Crippen LogP contribution in [0.4, 0.5) is 10.1 Å². The molecule has 0 fully saturated rings. The molecule has 0 aliphatic carbocycles. The highest BCUT2D eigenvalue weighted by Crippen LogP contribution is 2.12. The molecule has 0 spiro atoms. The molecule has 2 N–H and O–H groups in total. The minimum atomic E-state index is -0.668. The van der Waals surface area contributed by atoms with E-state index in [1.165, 1.54) is 24.3 Å². The van der Waals surface area contributed by atoms with E-state index in [-0.39, 0.29) is 11.8 Å². The number of aryl methyl sites for hydroxylation is 1. The molecule has 5 heteroatoms. The highest BCUT2D eigenvalue weighted by molar-refractivity contribution is 6.01. The van der Waals surface area contributed by atoms with Crippen LogP contribution >= 0.6 is 0 Å². The SMILES string of the molecule is Cc1ccc(NC(=O)[C@H](CC(C)C)NC(=O)c2ccc(F)cc2)cc1. The standard InChI is InChI=1S/C20H23FN2O2/c1-13(2)12-18(20(25)22-17-10-4-14(3)5-11-17)23-19(24)15-6-8-16(21)9-7-15/h4-11,13,18H,12H2,1-3H3,(H,22,25)(H,23,24)/t18-/m0/s1. The van der Waals surface area contributed by atoms with E-state index in [1.807, 2.05) is 45.0 Å². The van der Waals surface area contributed by atoms with Gasteiger partial charge in [-0.1, -0.05) is 31.5 Å². The lowest BCUT2D eigenvalue weighted by Crippen LogP contribution is -2.44. The summed E-state index contributed by atoms with van der Waals surface area (Å²) >= 11 is 0. The quantitative estimate of drug-likeness (QED) is 0.836. The number of amides is 2. The van der Waals surface area contributed by atoms with Gasteiger partial charge in [0.25, 0.3) is 5.91 Å². The van der Waals surface area contributed by atoms with E-state index in [9.17, 15) is 14.0 Å². The Morgan fingerprint density at radius 2 is 1.60 bits per heavy atom. The molecule has 0 aliphatic rings. The fraction of sp³-hybridized carbons (Fsp3) is 0.300. The van der Waals surface area contributed by atoms with Crippen molar-refractivity contribution in [2.45, 2.75) is 33.2 Å². The van der Waals surface area contributed by atoms with Gasteiger partial charge in [0.1, 0.15) is 11.9 Å². The fourth-order valence-electron chi connectivity index (χ4n) is 2.41. The van der Waals surface area contributed by atoms with E-state index in [0.29, 0.717) is 17.7 Å². The summed E-state index contributed by atoms with van der Waals surface area (Å²) in [6, 6.07) is 12.0. The van der Waals surface area contributed by atoms with Gasteiger partial charge in [-0.3, -0.25) is 9.59 Å². The number of carbonyl (C=O) groups excluding carboxylic acids is 2. The Labute approximate surface area is 147 Å². The monoisotopic (exact) mass is 342 g/mol. The summed E-state index contributed by atoms with van der Waals surface area (Å²) in [5, 5.41) is 5.57. The number of anilines is 1. The molecule has 2 amide bonds. The van der Waals surface area contributed by atoms with Crippen molar-refractivity contribution in [2.75, 3.05) is 5.32 Å². The largest absolute Gasteiger partial charge is 0.340 e. The van der Waals surface area contributed by atoms with Crippen LogP contribution in [0.1, 0.15) is 36.2 Å². The van der Waals surface area contributed by atoms with Crippen molar-refractivity contribution in [1.29, 1.82) is 0 Å². The second kappa shape index (κ2) is 8.42. The van der Waals surface area contributed by atoms with Crippen molar-refractivity contribution < 1.29 is 14.0 Å². The molecule has 2 aromatic rings. The van der Waals surface area contributed by atoms with Crippen molar-refractivity contribution in [3.05, 3.63) is 65.5 Å². The van der Waals surface area contributed by atoms with Gasteiger partial charge in [0, 0.05) is 11.3 Å². The fourth-order valence-corrected chi connectivity index (χ4v) is 2.41. The highest BCUT2D eigenvalue weighted by atomic mass is 19.1. The molecule has 0 saturated carbocycles. The average Bonchev–Trinajstić information content (AvgIpc) is 2.56. The van der Waals surface area contributed by atoms with E-state index in [0.717, 1.165) is 5.56 Å². The van der Waals surface area contributed by atoms with Crippen LogP contribution in [0.5, 0.6) is 0 Å². The number of carbonyl (C=O) groups is 2. The second-order valence-corrected chi connectivity index (χ2v) is 6.52. The Hall–Kier alpha value is -2.69. The van der Waals surface area contributed by atoms with Gasteiger partial charge in [-0.2, -0.15) is 0 Å². The Balaban J connectivity index is 2.08. The molecule has 0 unspecified atom stereocenters. The molecule has 0 bridgehead atoms. The van der Waals surface area contributed by atoms with Gasteiger partial charge in [-0.05, 0) is 55.7 Å². The van der Waals surface area contributed by atoms with Gasteiger partial charge in [0.2, 0.25) is 5.91 Å². The Morgan fingerprint density at radius 1 is 1.00 bits per heavy atom. The topological polar surface area (TPSA) is 58.2 Å². The van der Waals surface area contributed by atoms with Gasteiger partial charge >= 0.3 is 0 Å². The second-order valence-electron chi connectivity index (χ2n) is 6.52. The van der Waals surface area contributed by atoms with Crippen LogP contribution in [0.15, 0.2) is 48.5 Å². The molecule has 1 atom stereocenters. The van der Waals surface area contributed by atoms with E-state index in [1.54, 1.807) is 0 Å². The first-order chi connectivity index (χ1) is 11.8. The van der Waals surface area contributed by atoms with Crippen LogP contribution in [0.3, 0.4) is 0 Å². The molecule has 2 rings (SSSR count). The first-order valence-electron chi connectivity index (χ1n) is 8.29. The zero-order valence-electron chi connectivity index (χ0n) is 14.7. The maximum absolute atomic E-state index is 13.0. The lowest BCUT2D eigenvalue weighted by Gasteiger charge is -2.20. The predicted molar refractivity (Wildman–Crippen MR) is 96.9 cm³/mol. The van der Waals surface area contributed by atoms with Crippen molar-refractivity contribution in [3.8, 4) is 0 Å². The van der Waals surface area contributed by atoms with Crippen molar-refractivity contribution in [1.82, 2.24) is 5.32 Å². The van der Waals surface area contributed by atoms with Crippen LogP contribution in [0, 0.1) is 18.7 Å². The summed E-state index contributed by atoms with van der Waals surface area (Å²) in [6.45, 7) is 5.93. The number of nitrogens with one attached hydrogen (secondary N) is 2. The molecule has 4 nitrogen and oxygen atoms in total. The molecule has 132 valence electrons. The highest BCUT2D eigenvalue weighted by Gasteiger charge is 2.22. The molecule has 0 aliphatic heterocycles. The van der Waals surface area contributed by atoms with Gasteiger partial charge in [0.15, 0.2) is 0 Å². The summed E-state index contributed by atoms with van der Waals surface area (Å²) in [5.41, 5.74) is 2.10. The Kier molecular flexibility index (Phi) is 6.28. The molecular formula is C20H23FN2O2. The number of halogens is 1. The molecule has 0 radical (unpaired) electrons. The van der Waals surface area contributed by atoms with Gasteiger partial charge in [-0.15, -0.1) is 0 Å². The normalized spacial score (nSPS) is 11.9. The molecule has 0 heterocycles. The lowest BCUT2D eigenvalue weighted by atomic mass is 10.0. The van der Waals surface area contributed by atoms with Crippen LogP contribution < -0.4 is 10.6 Å². The maximum Gasteiger partial charge on any atom is 0.251 e. The maximum atomic E-state index is 13.0. The third kappa shape index (κ3) is 5.71. The van der Waals surface area contributed by atoms with Crippen LogP contribution in [-0.2, 0) is 4.79 Å². The van der Waals surface area contributed by atoms with E-state index in [2.05, 4.69) is 10.6 Å². The third-order valence-electron chi connectivity index (χ3n) is 3.75. The number of hydrogen-bond donors (Lipinski definition) is 2. The zero-order valence-corrected chi connectivity index (χ0v) is 14.7. The van der Waals surface area contributed by atoms with Gasteiger partial charge < -0.3 is 10.6 Å². The van der Waals surface area contributed by atoms with Crippen LogP contribution in [0.25, 0.3) is 0 Å². The van der Waals surface area contributed by atoms with E-state index in [4.69, 9.17) is 0 Å². The van der Waals surface area contributed by atoms with Crippen molar-refractivity contribution >= 4 is 17.5 Å². The summed E-state index contributed by atoms with van der Waals surface area (Å²) in [6.07, 6.45) is 0.505. The number of hydrogen-bond acceptors (Lipinski definition) is 2. The molecule has 0 aromatic heterocycles. The lowest BCUT2D eigenvalue weighted by molar-refractivity contribution is -0.118. The zero-order chi connectivity index (χ0) is 18.4. The van der Waals surface area contributed by atoms with Gasteiger partial charge in [0.05, 0.1) is 0 Å². The van der Waals surface area contributed by atoms with E-state index >= 15 is 0 Å². The van der Waals surface area contributed by atoms with E-state index < -0.39 is 17.8 Å². The third-order valence-corrected chi connectivity index (χ3v) is 3.75. The van der Waals surface area contributed by atoms with Gasteiger partial charge in [-0.25, -0.2) is 4.39 Å². The first kappa shape index (κ1) is 18.6. The number of benzene rings is 2. The Bertz CT molecular complexity index is 724. The van der Waals surface area contributed by atoms with Crippen molar-refractivity contribution in [2.24, 2.45) is 5.92 Å². The average molecular weight is 342 g/mol. The summed E-state index contributed by atoms with van der Waals surface area (Å²) < 4.78 is 13.0. The minimum Gasteiger partial charge on any atom is -0.340 e. The predicted octanol–water partition coefficient (Wildman–Crippen LogP) is 3.92. The minimum absolute atomic E-state index is 0.224. The smallest absolute Gasteiger partial charge is 0.251 e. The summed E-state index contributed by atoms with van der Waals surface area (Å²) in [4.78, 5) is 24.9. The molecule has 0 saturated heterocycles. The number of rotatable bonds is 6. The first-order valence-corrected chi connectivity index (χ1v) is 8.29. The summed E-state index contributed by atoms with van der Waals surface area (Å²) in [7, 11) is 0.